The molecule has 0 radical (unpaired) electrons. The summed E-state index contributed by atoms with van der Waals surface area (Å²) in [7, 11) is 1.67. The standard InChI is InChI=1S/C17H20N2O3/c1-21-16-6-2-5-15(10-16)19-8-3-4-14(11-19)18-17(20)13-7-9-22-12-13/h2,5-7,9-10,12,14H,3-4,8,11H2,1H3,(H,18,20)/t14-/m1/s1. The number of nitrogens with one attached hydrogen (secondary N) is 1. The zero-order valence-electron chi connectivity index (χ0n) is 12.6. The van der Waals surface area contributed by atoms with Gasteiger partial charge in [0.1, 0.15) is 12.0 Å². The van der Waals surface area contributed by atoms with Crippen molar-refractivity contribution in [2.75, 3.05) is 25.1 Å². The molecule has 0 aliphatic carbocycles. The molecule has 2 aromatic rings. The zero-order valence-corrected chi connectivity index (χ0v) is 12.6. The number of benzene rings is 1. The summed E-state index contributed by atoms with van der Waals surface area (Å²) in [6.45, 7) is 1.79. The monoisotopic (exact) mass is 300 g/mol. The first-order valence-corrected chi connectivity index (χ1v) is 7.48. The van der Waals surface area contributed by atoms with E-state index in [1.165, 1.54) is 12.5 Å². The van der Waals surface area contributed by atoms with Crippen LogP contribution in [0, 0.1) is 0 Å². The van der Waals surface area contributed by atoms with Crippen molar-refractivity contribution in [3.8, 4) is 5.75 Å². The Bertz CT molecular complexity index is 625. The van der Waals surface area contributed by atoms with Gasteiger partial charge in [-0.15, -0.1) is 0 Å². The number of methoxy groups -OCH3 is 1. The first-order valence-electron chi connectivity index (χ1n) is 7.48. The van der Waals surface area contributed by atoms with Gasteiger partial charge < -0.3 is 19.4 Å². The fourth-order valence-electron chi connectivity index (χ4n) is 2.80. The van der Waals surface area contributed by atoms with Crippen LogP contribution in [0.5, 0.6) is 5.75 Å². The number of ether oxygens (including phenoxy) is 1. The van der Waals surface area contributed by atoms with Crippen LogP contribution >= 0.6 is 0 Å². The highest BCUT2D eigenvalue weighted by molar-refractivity contribution is 5.94. The van der Waals surface area contributed by atoms with Gasteiger partial charge in [-0.2, -0.15) is 0 Å². The van der Waals surface area contributed by atoms with Gasteiger partial charge in [-0.3, -0.25) is 4.79 Å². The number of carbonyl (C=O) groups excluding carboxylic acids is 1. The van der Waals surface area contributed by atoms with Crippen LogP contribution in [0.3, 0.4) is 0 Å². The highest BCUT2D eigenvalue weighted by atomic mass is 16.5. The Hall–Kier alpha value is -2.43. The van der Waals surface area contributed by atoms with E-state index in [0.717, 1.165) is 37.4 Å². The molecule has 0 saturated carbocycles. The summed E-state index contributed by atoms with van der Waals surface area (Å²) < 4.78 is 10.2. The summed E-state index contributed by atoms with van der Waals surface area (Å²) >= 11 is 0. The average Bonchev–Trinajstić information content (AvgIpc) is 3.10. The van der Waals surface area contributed by atoms with Crippen molar-refractivity contribution in [1.29, 1.82) is 0 Å². The molecule has 2 heterocycles. The molecule has 3 rings (SSSR count). The molecule has 5 heteroatoms. The van der Waals surface area contributed by atoms with E-state index in [-0.39, 0.29) is 11.9 Å². The molecule has 22 heavy (non-hydrogen) atoms. The van der Waals surface area contributed by atoms with Crippen molar-refractivity contribution in [2.24, 2.45) is 0 Å². The number of rotatable bonds is 4. The van der Waals surface area contributed by atoms with E-state index in [2.05, 4.69) is 16.3 Å². The van der Waals surface area contributed by atoms with E-state index in [9.17, 15) is 4.79 Å². The topological polar surface area (TPSA) is 54.7 Å². The minimum Gasteiger partial charge on any atom is -0.497 e. The van der Waals surface area contributed by atoms with Gasteiger partial charge in [0.2, 0.25) is 0 Å². The molecule has 116 valence electrons. The number of anilines is 1. The molecule has 1 aromatic carbocycles. The third kappa shape index (κ3) is 3.24. The highest BCUT2D eigenvalue weighted by Gasteiger charge is 2.22. The predicted octanol–water partition coefficient (Wildman–Crippen LogP) is 2.69. The highest BCUT2D eigenvalue weighted by Crippen LogP contribution is 2.24. The lowest BCUT2D eigenvalue weighted by Crippen LogP contribution is -2.47. The molecule has 1 aromatic heterocycles. The van der Waals surface area contributed by atoms with Gasteiger partial charge in [0.05, 0.1) is 18.9 Å². The van der Waals surface area contributed by atoms with Gasteiger partial charge in [-0.1, -0.05) is 6.07 Å². The number of furan rings is 1. The van der Waals surface area contributed by atoms with Gasteiger partial charge in [0, 0.05) is 30.9 Å². The van der Waals surface area contributed by atoms with Gasteiger partial charge in [0.15, 0.2) is 0 Å². The Morgan fingerprint density at radius 2 is 2.32 bits per heavy atom. The Labute approximate surface area is 129 Å². The number of amides is 1. The van der Waals surface area contributed by atoms with Crippen molar-refractivity contribution < 1.29 is 13.9 Å². The number of piperidine rings is 1. The van der Waals surface area contributed by atoms with E-state index in [4.69, 9.17) is 9.15 Å². The summed E-state index contributed by atoms with van der Waals surface area (Å²) in [4.78, 5) is 14.4. The predicted molar refractivity (Wildman–Crippen MR) is 84.4 cm³/mol. The maximum absolute atomic E-state index is 12.1. The fraction of sp³-hybridized carbons (Fsp3) is 0.353. The Balaban J connectivity index is 1.65. The van der Waals surface area contributed by atoms with Crippen LogP contribution in [0.1, 0.15) is 23.2 Å². The van der Waals surface area contributed by atoms with Crippen molar-refractivity contribution in [2.45, 2.75) is 18.9 Å². The van der Waals surface area contributed by atoms with Crippen molar-refractivity contribution >= 4 is 11.6 Å². The van der Waals surface area contributed by atoms with Crippen LogP contribution in [-0.4, -0.2) is 32.1 Å². The van der Waals surface area contributed by atoms with Crippen LogP contribution in [0.4, 0.5) is 5.69 Å². The van der Waals surface area contributed by atoms with Gasteiger partial charge in [0.25, 0.3) is 5.91 Å². The second-order valence-corrected chi connectivity index (χ2v) is 5.47. The molecule has 1 N–H and O–H groups in total. The molecule has 0 unspecified atom stereocenters. The maximum Gasteiger partial charge on any atom is 0.254 e. The van der Waals surface area contributed by atoms with E-state index in [1.54, 1.807) is 13.2 Å². The number of hydrogen-bond donors (Lipinski definition) is 1. The van der Waals surface area contributed by atoms with Crippen LogP contribution in [0.15, 0.2) is 47.3 Å². The van der Waals surface area contributed by atoms with Crippen molar-refractivity contribution in [1.82, 2.24) is 5.32 Å². The number of carbonyl (C=O) groups is 1. The van der Waals surface area contributed by atoms with Gasteiger partial charge >= 0.3 is 0 Å². The summed E-state index contributed by atoms with van der Waals surface area (Å²) in [6, 6.07) is 9.84. The molecule has 0 bridgehead atoms. The Morgan fingerprint density at radius 3 is 3.09 bits per heavy atom. The SMILES string of the molecule is COc1cccc(N2CCC[C@@H](NC(=O)c3ccoc3)C2)c1. The second-order valence-electron chi connectivity index (χ2n) is 5.47. The minimum atomic E-state index is -0.0776. The Morgan fingerprint density at radius 1 is 1.41 bits per heavy atom. The Kier molecular flexibility index (Phi) is 4.32. The van der Waals surface area contributed by atoms with E-state index < -0.39 is 0 Å². The van der Waals surface area contributed by atoms with Gasteiger partial charge in [-0.05, 0) is 31.0 Å². The lowest BCUT2D eigenvalue weighted by molar-refractivity contribution is 0.0932. The third-order valence-electron chi connectivity index (χ3n) is 3.96. The largest absolute Gasteiger partial charge is 0.497 e. The van der Waals surface area contributed by atoms with Gasteiger partial charge in [-0.25, -0.2) is 0 Å². The lowest BCUT2D eigenvalue weighted by atomic mass is 10.0. The molecule has 1 amide bonds. The number of nitrogens with zero attached hydrogens (tertiary/aromatic N) is 1. The molecule has 1 atom stereocenters. The summed E-state index contributed by atoms with van der Waals surface area (Å²) in [5, 5.41) is 3.08. The first kappa shape index (κ1) is 14.5. The fourth-order valence-corrected chi connectivity index (χ4v) is 2.80. The van der Waals surface area contributed by atoms with E-state index in [1.807, 2.05) is 18.2 Å². The quantitative estimate of drug-likeness (QED) is 0.943. The van der Waals surface area contributed by atoms with E-state index in [0.29, 0.717) is 5.56 Å². The minimum absolute atomic E-state index is 0.0776. The molecule has 1 fully saturated rings. The smallest absolute Gasteiger partial charge is 0.254 e. The van der Waals surface area contributed by atoms with Crippen LogP contribution in [0.25, 0.3) is 0 Å². The summed E-state index contributed by atoms with van der Waals surface area (Å²) in [6.07, 6.45) is 5.02. The summed E-state index contributed by atoms with van der Waals surface area (Å²) in [5.41, 5.74) is 1.69. The van der Waals surface area contributed by atoms with Crippen LogP contribution in [-0.2, 0) is 0 Å². The lowest BCUT2D eigenvalue weighted by Gasteiger charge is -2.34. The molecule has 1 saturated heterocycles. The number of hydrogen-bond acceptors (Lipinski definition) is 4. The maximum atomic E-state index is 12.1. The molecule has 0 spiro atoms. The summed E-state index contributed by atoms with van der Waals surface area (Å²) in [5.74, 6) is 0.772. The average molecular weight is 300 g/mol. The second kappa shape index (κ2) is 6.56. The van der Waals surface area contributed by atoms with Crippen LogP contribution in [0.2, 0.25) is 0 Å². The molecule has 5 nitrogen and oxygen atoms in total. The normalized spacial score (nSPS) is 18.0. The molecule has 1 aliphatic heterocycles. The zero-order chi connectivity index (χ0) is 15.4. The first-order chi connectivity index (χ1) is 10.8. The van der Waals surface area contributed by atoms with Crippen molar-refractivity contribution in [3.63, 3.8) is 0 Å². The van der Waals surface area contributed by atoms with Crippen molar-refractivity contribution in [3.05, 3.63) is 48.4 Å². The third-order valence-corrected chi connectivity index (χ3v) is 3.96. The molecular formula is C17H20N2O3. The van der Waals surface area contributed by atoms with E-state index >= 15 is 0 Å². The van der Waals surface area contributed by atoms with Crippen LogP contribution < -0.4 is 15.0 Å². The molecule has 1 aliphatic rings. The molecular weight excluding hydrogens is 280 g/mol.